The Kier molecular flexibility index (Phi) is 5.08. The van der Waals surface area contributed by atoms with Crippen molar-refractivity contribution in [1.29, 1.82) is 0 Å². The van der Waals surface area contributed by atoms with Crippen LogP contribution in [0.1, 0.15) is 25.0 Å². The number of fused-ring (bicyclic) bond motifs is 2. The van der Waals surface area contributed by atoms with Crippen LogP contribution in [0.15, 0.2) is 40.1 Å². The minimum atomic E-state index is -0.625. The van der Waals surface area contributed by atoms with E-state index < -0.39 is 5.60 Å². The van der Waals surface area contributed by atoms with Crippen LogP contribution in [0.25, 0.3) is 21.9 Å². The van der Waals surface area contributed by atoms with Crippen molar-refractivity contribution in [2.75, 3.05) is 14.2 Å². The van der Waals surface area contributed by atoms with Crippen LogP contribution < -0.4 is 14.9 Å². The molecule has 0 saturated heterocycles. The van der Waals surface area contributed by atoms with Crippen molar-refractivity contribution < 1.29 is 23.7 Å². The Morgan fingerprint density at radius 2 is 1.89 bits per heavy atom. The monoisotopic (exact) mass is 384 g/mol. The highest BCUT2D eigenvalue weighted by Crippen LogP contribution is 2.37. The number of rotatable bonds is 6. The first-order valence-corrected chi connectivity index (χ1v) is 8.84. The topological polar surface area (TPSA) is 78.1 Å². The van der Waals surface area contributed by atoms with Gasteiger partial charge < -0.3 is 23.7 Å². The SMILES string of the molecule is C=CC(C)(C)OCc1c(O)c(C)cc2oc3ccc(OC)c(OC)c3c(=O)c12. The summed E-state index contributed by atoms with van der Waals surface area (Å²) in [4.78, 5) is 13.4. The fourth-order valence-corrected chi connectivity index (χ4v) is 3.08. The largest absolute Gasteiger partial charge is 0.507 e. The van der Waals surface area contributed by atoms with Gasteiger partial charge in [-0.25, -0.2) is 0 Å². The van der Waals surface area contributed by atoms with Gasteiger partial charge in [0.15, 0.2) is 11.5 Å². The van der Waals surface area contributed by atoms with Gasteiger partial charge in [-0.2, -0.15) is 0 Å². The molecular formula is C22H24O6. The molecule has 148 valence electrons. The first-order valence-electron chi connectivity index (χ1n) is 8.84. The van der Waals surface area contributed by atoms with Gasteiger partial charge in [-0.05, 0) is 44.5 Å². The molecule has 0 radical (unpaired) electrons. The summed E-state index contributed by atoms with van der Waals surface area (Å²) in [6.45, 7) is 9.21. The van der Waals surface area contributed by atoms with Crippen molar-refractivity contribution >= 4 is 21.9 Å². The molecule has 6 heteroatoms. The molecular weight excluding hydrogens is 360 g/mol. The molecule has 0 aliphatic rings. The third-order valence-corrected chi connectivity index (χ3v) is 4.82. The minimum Gasteiger partial charge on any atom is -0.507 e. The molecule has 3 aromatic rings. The number of phenols is 1. The molecule has 3 rings (SSSR count). The molecule has 1 N–H and O–H groups in total. The third-order valence-electron chi connectivity index (χ3n) is 4.82. The summed E-state index contributed by atoms with van der Waals surface area (Å²) in [6.07, 6.45) is 1.66. The van der Waals surface area contributed by atoms with Gasteiger partial charge in [-0.3, -0.25) is 4.79 Å². The van der Waals surface area contributed by atoms with Gasteiger partial charge in [-0.1, -0.05) is 6.08 Å². The molecule has 0 aliphatic carbocycles. The van der Waals surface area contributed by atoms with Gasteiger partial charge in [0.1, 0.15) is 22.3 Å². The zero-order valence-electron chi connectivity index (χ0n) is 16.7. The summed E-state index contributed by atoms with van der Waals surface area (Å²) < 4.78 is 22.6. The van der Waals surface area contributed by atoms with Crippen LogP contribution in [0.5, 0.6) is 17.2 Å². The molecule has 1 aromatic heterocycles. The van der Waals surface area contributed by atoms with Crippen molar-refractivity contribution in [2.24, 2.45) is 0 Å². The Morgan fingerprint density at radius 1 is 1.18 bits per heavy atom. The van der Waals surface area contributed by atoms with Gasteiger partial charge in [-0.15, -0.1) is 6.58 Å². The van der Waals surface area contributed by atoms with Crippen molar-refractivity contribution in [1.82, 2.24) is 0 Å². The number of ether oxygens (including phenoxy) is 3. The number of hydrogen-bond acceptors (Lipinski definition) is 6. The summed E-state index contributed by atoms with van der Waals surface area (Å²) in [6, 6.07) is 4.99. The third kappa shape index (κ3) is 3.20. The van der Waals surface area contributed by atoms with E-state index in [1.807, 2.05) is 13.8 Å². The van der Waals surface area contributed by atoms with Crippen LogP contribution in [0.3, 0.4) is 0 Å². The molecule has 0 spiro atoms. The van der Waals surface area contributed by atoms with Crippen LogP contribution >= 0.6 is 0 Å². The predicted molar refractivity (Wildman–Crippen MR) is 109 cm³/mol. The van der Waals surface area contributed by atoms with Gasteiger partial charge in [0.05, 0.1) is 31.8 Å². The van der Waals surface area contributed by atoms with Gasteiger partial charge >= 0.3 is 0 Å². The summed E-state index contributed by atoms with van der Waals surface area (Å²) in [5, 5.41) is 11.2. The van der Waals surface area contributed by atoms with Crippen molar-refractivity contribution in [2.45, 2.75) is 33.0 Å². The fraction of sp³-hybridized carbons (Fsp3) is 0.318. The average Bonchev–Trinajstić information content (AvgIpc) is 2.67. The van der Waals surface area contributed by atoms with E-state index in [1.165, 1.54) is 14.2 Å². The van der Waals surface area contributed by atoms with E-state index in [-0.39, 0.29) is 34.3 Å². The second kappa shape index (κ2) is 7.20. The molecule has 1 heterocycles. The van der Waals surface area contributed by atoms with E-state index in [4.69, 9.17) is 18.6 Å². The molecule has 6 nitrogen and oxygen atoms in total. The van der Waals surface area contributed by atoms with Crippen LogP contribution in [0.2, 0.25) is 0 Å². The molecule has 0 saturated carbocycles. The van der Waals surface area contributed by atoms with E-state index in [2.05, 4.69) is 6.58 Å². The van der Waals surface area contributed by atoms with Crippen LogP contribution in [0.4, 0.5) is 0 Å². The first-order chi connectivity index (χ1) is 13.2. The normalized spacial score (nSPS) is 11.8. The lowest BCUT2D eigenvalue weighted by atomic mass is 10.0. The lowest BCUT2D eigenvalue weighted by molar-refractivity contribution is 0.00712. The van der Waals surface area contributed by atoms with Crippen LogP contribution in [-0.2, 0) is 11.3 Å². The van der Waals surface area contributed by atoms with E-state index in [0.29, 0.717) is 28.0 Å². The smallest absolute Gasteiger partial charge is 0.204 e. The number of hydrogen-bond donors (Lipinski definition) is 1. The maximum absolute atomic E-state index is 13.4. The second-order valence-corrected chi connectivity index (χ2v) is 7.10. The van der Waals surface area contributed by atoms with Crippen molar-refractivity contribution in [3.05, 3.63) is 52.2 Å². The lowest BCUT2D eigenvalue weighted by Crippen LogP contribution is -2.21. The Labute approximate surface area is 162 Å². The van der Waals surface area contributed by atoms with Gasteiger partial charge in [0.2, 0.25) is 5.43 Å². The number of aryl methyl sites for hydroxylation is 1. The van der Waals surface area contributed by atoms with Crippen molar-refractivity contribution in [3.63, 3.8) is 0 Å². The Hall–Kier alpha value is -2.99. The maximum atomic E-state index is 13.4. The zero-order valence-corrected chi connectivity index (χ0v) is 16.7. The average molecular weight is 384 g/mol. The summed E-state index contributed by atoms with van der Waals surface area (Å²) >= 11 is 0. The highest BCUT2D eigenvalue weighted by Gasteiger charge is 2.23. The summed E-state index contributed by atoms with van der Waals surface area (Å²) in [5.74, 6) is 0.707. The van der Waals surface area contributed by atoms with Crippen molar-refractivity contribution in [3.8, 4) is 17.2 Å². The van der Waals surface area contributed by atoms with Gasteiger partial charge in [0, 0.05) is 5.56 Å². The predicted octanol–water partition coefficient (Wildman–Crippen LogP) is 4.46. The highest BCUT2D eigenvalue weighted by molar-refractivity contribution is 5.97. The number of phenolic OH excluding ortho intramolecular Hbond substituents is 1. The molecule has 2 aromatic carbocycles. The minimum absolute atomic E-state index is 0.000810. The highest BCUT2D eigenvalue weighted by atomic mass is 16.5. The molecule has 0 bridgehead atoms. The molecule has 0 fully saturated rings. The molecule has 0 unspecified atom stereocenters. The van der Waals surface area contributed by atoms with E-state index in [0.717, 1.165) is 0 Å². The summed E-state index contributed by atoms with van der Waals surface area (Å²) in [5.41, 5.74) is 0.752. The Morgan fingerprint density at radius 3 is 2.50 bits per heavy atom. The fourth-order valence-electron chi connectivity index (χ4n) is 3.08. The summed E-state index contributed by atoms with van der Waals surface area (Å²) in [7, 11) is 2.96. The quantitative estimate of drug-likeness (QED) is 0.499. The number of aromatic hydroxyl groups is 1. The lowest BCUT2D eigenvalue weighted by Gasteiger charge is -2.22. The Bertz CT molecular complexity index is 1120. The van der Waals surface area contributed by atoms with E-state index in [1.54, 1.807) is 31.2 Å². The molecule has 0 aliphatic heterocycles. The number of methoxy groups -OCH3 is 2. The van der Waals surface area contributed by atoms with Crippen LogP contribution in [-0.4, -0.2) is 24.9 Å². The second-order valence-electron chi connectivity index (χ2n) is 7.10. The first kappa shape index (κ1) is 19.8. The standard InChI is InChI=1S/C22H24O6/c1-7-22(3,4)27-11-13-17-16(10-12(2)19(13)23)28-14-8-9-15(25-5)21(26-6)18(14)20(17)24/h7-10,23H,1,11H2,2-6H3. The number of benzene rings is 2. The zero-order chi connectivity index (χ0) is 20.6. The van der Waals surface area contributed by atoms with Crippen LogP contribution in [0, 0.1) is 6.92 Å². The maximum Gasteiger partial charge on any atom is 0.204 e. The molecule has 0 atom stereocenters. The Balaban J connectivity index is 2.39. The molecule has 28 heavy (non-hydrogen) atoms. The molecule has 0 amide bonds. The van der Waals surface area contributed by atoms with Gasteiger partial charge in [0.25, 0.3) is 0 Å². The van der Waals surface area contributed by atoms with E-state index in [9.17, 15) is 9.90 Å². The van der Waals surface area contributed by atoms with E-state index >= 15 is 0 Å².